The normalized spacial score (nSPS) is 11.5. The Kier molecular flexibility index (Phi) is 6.98. The number of oxime groups is 1. The van der Waals surface area contributed by atoms with Gasteiger partial charge in [-0.1, -0.05) is 11.2 Å². The van der Waals surface area contributed by atoms with Crippen LogP contribution in [-0.4, -0.2) is 49.2 Å². The molecular weight excluding hydrogens is 480 g/mol. The van der Waals surface area contributed by atoms with Crippen LogP contribution in [0.5, 0.6) is 17.2 Å². The van der Waals surface area contributed by atoms with Gasteiger partial charge in [0, 0.05) is 11.8 Å². The number of carbonyl (C=O) groups is 1. The van der Waals surface area contributed by atoms with Crippen molar-refractivity contribution in [1.29, 1.82) is 0 Å². The monoisotopic (exact) mass is 504 g/mol. The zero-order valence-electron chi connectivity index (χ0n) is 18.8. The van der Waals surface area contributed by atoms with Crippen LogP contribution in [0.4, 0.5) is 0 Å². The summed E-state index contributed by atoms with van der Waals surface area (Å²) in [5.74, 6) is 0.704. The molecule has 0 saturated heterocycles. The van der Waals surface area contributed by atoms with Gasteiger partial charge in [-0.05, 0) is 60.0 Å². The molecule has 2 heterocycles. The number of hydrogen-bond donors (Lipinski definition) is 1. The van der Waals surface area contributed by atoms with Crippen LogP contribution >= 0.6 is 15.9 Å². The van der Waals surface area contributed by atoms with Gasteiger partial charge in [-0.3, -0.25) is 0 Å². The maximum atomic E-state index is 12.7. The Bertz CT molecular complexity index is 1220. The van der Waals surface area contributed by atoms with Crippen LogP contribution in [-0.2, 0) is 4.74 Å². The molecule has 1 aromatic carbocycles. The number of ether oxygens (including phenoxy) is 4. The van der Waals surface area contributed by atoms with Crippen LogP contribution in [0.1, 0.15) is 39.7 Å². The zero-order chi connectivity index (χ0) is 23.6. The van der Waals surface area contributed by atoms with Crippen LogP contribution in [0.25, 0.3) is 5.52 Å². The minimum absolute atomic E-state index is 0.201. The summed E-state index contributed by atoms with van der Waals surface area (Å²) in [6.07, 6.45) is 1.87. The van der Waals surface area contributed by atoms with E-state index in [2.05, 4.69) is 21.1 Å². The summed E-state index contributed by atoms with van der Waals surface area (Å²) in [7, 11) is 4.51. The fourth-order valence-corrected chi connectivity index (χ4v) is 4.44. The molecule has 0 fully saturated rings. The minimum Gasteiger partial charge on any atom is -0.493 e. The molecule has 0 bridgehead atoms. The van der Waals surface area contributed by atoms with Gasteiger partial charge < -0.3 is 28.6 Å². The van der Waals surface area contributed by atoms with E-state index < -0.39 is 5.97 Å². The van der Waals surface area contributed by atoms with Gasteiger partial charge in [0.2, 0.25) is 5.75 Å². The Labute approximate surface area is 194 Å². The number of carbonyl (C=O) groups excluding carboxylic acids is 1. The minimum atomic E-state index is -0.454. The molecule has 0 aliphatic carbocycles. The van der Waals surface area contributed by atoms with E-state index >= 15 is 0 Å². The van der Waals surface area contributed by atoms with Gasteiger partial charge in [0.25, 0.3) is 0 Å². The lowest BCUT2D eigenvalue weighted by molar-refractivity contribution is 0.0528. The van der Waals surface area contributed by atoms with Crippen LogP contribution in [0.15, 0.2) is 34.0 Å². The first-order valence-corrected chi connectivity index (χ1v) is 10.6. The van der Waals surface area contributed by atoms with Crippen LogP contribution in [0.2, 0.25) is 0 Å². The predicted octanol–water partition coefficient (Wildman–Crippen LogP) is 4.75. The quantitative estimate of drug-likeness (QED) is 0.216. The van der Waals surface area contributed by atoms with Crippen molar-refractivity contribution >= 4 is 33.1 Å². The first-order valence-electron chi connectivity index (χ1n) is 9.83. The summed E-state index contributed by atoms with van der Waals surface area (Å²) in [6, 6.07) is 5.31. The van der Waals surface area contributed by atoms with E-state index in [0.29, 0.717) is 44.1 Å². The fourth-order valence-electron chi connectivity index (χ4n) is 3.80. The Hall–Kier alpha value is -3.20. The van der Waals surface area contributed by atoms with Crippen LogP contribution in [0, 0.1) is 13.8 Å². The van der Waals surface area contributed by atoms with E-state index in [1.54, 1.807) is 19.1 Å². The summed E-state index contributed by atoms with van der Waals surface area (Å²) >= 11 is 3.54. The maximum Gasteiger partial charge on any atom is 0.340 e. The van der Waals surface area contributed by atoms with Crippen LogP contribution in [0.3, 0.4) is 0 Å². The van der Waals surface area contributed by atoms with Crippen LogP contribution < -0.4 is 14.2 Å². The van der Waals surface area contributed by atoms with Crippen molar-refractivity contribution in [2.75, 3.05) is 27.9 Å². The smallest absolute Gasteiger partial charge is 0.340 e. The molecule has 3 rings (SSSR count). The fraction of sp³-hybridized carbons (Fsp3) is 0.304. The summed E-state index contributed by atoms with van der Waals surface area (Å²) < 4.78 is 24.0. The predicted molar refractivity (Wildman–Crippen MR) is 124 cm³/mol. The molecule has 0 atom stereocenters. The van der Waals surface area contributed by atoms with Crippen molar-refractivity contribution < 1.29 is 28.9 Å². The largest absolute Gasteiger partial charge is 0.493 e. The number of esters is 1. The molecule has 0 amide bonds. The summed E-state index contributed by atoms with van der Waals surface area (Å²) in [5, 5.41) is 13.7. The Morgan fingerprint density at radius 1 is 1.06 bits per heavy atom. The zero-order valence-corrected chi connectivity index (χ0v) is 20.4. The third-order valence-corrected chi connectivity index (χ3v) is 5.84. The number of fused-ring (bicyclic) bond motifs is 1. The third-order valence-electron chi connectivity index (χ3n) is 5.05. The highest BCUT2D eigenvalue weighted by Crippen LogP contribution is 2.45. The number of rotatable bonds is 7. The molecule has 9 heteroatoms. The second-order valence-electron chi connectivity index (χ2n) is 7.04. The number of halogens is 1. The molecule has 1 N–H and O–H groups in total. The summed E-state index contributed by atoms with van der Waals surface area (Å²) in [5.41, 5.74) is 4.09. The van der Waals surface area contributed by atoms with E-state index in [9.17, 15) is 10.0 Å². The lowest BCUT2D eigenvalue weighted by atomic mass is 10.1. The summed E-state index contributed by atoms with van der Waals surface area (Å²) in [4.78, 5) is 12.7. The second kappa shape index (κ2) is 9.52. The molecule has 0 aliphatic heterocycles. The van der Waals surface area contributed by atoms with Crippen molar-refractivity contribution in [2.24, 2.45) is 5.16 Å². The van der Waals surface area contributed by atoms with Gasteiger partial charge in [-0.2, -0.15) is 0 Å². The Morgan fingerprint density at radius 2 is 1.75 bits per heavy atom. The molecule has 8 nitrogen and oxygen atoms in total. The topological polar surface area (TPSA) is 91.0 Å². The van der Waals surface area contributed by atoms with Gasteiger partial charge in [-0.25, -0.2) is 4.79 Å². The van der Waals surface area contributed by atoms with Gasteiger partial charge in [-0.15, -0.1) is 0 Å². The number of aromatic nitrogens is 1. The molecular formula is C23H25BrN2O6. The first kappa shape index (κ1) is 23.5. The van der Waals surface area contributed by atoms with Gasteiger partial charge in [0.1, 0.15) is 5.71 Å². The van der Waals surface area contributed by atoms with Gasteiger partial charge in [0.15, 0.2) is 11.5 Å². The molecule has 0 unspecified atom stereocenters. The van der Waals surface area contributed by atoms with E-state index in [1.165, 1.54) is 21.3 Å². The molecule has 170 valence electrons. The summed E-state index contributed by atoms with van der Waals surface area (Å²) in [6.45, 7) is 5.86. The molecule has 2 aromatic heterocycles. The maximum absolute atomic E-state index is 12.7. The molecule has 3 aromatic rings. The van der Waals surface area contributed by atoms with Gasteiger partial charge in [0.05, 0.1) is 49.2 Å². The van der Waals surface area contributed by atoms with Crippen molar-refractivity contribution in [2.45, 2.75) is 20.8 Å². The number of aryl methyl sites for hydroxylation is 2. The molecule has 32 heavy (non-hydrogen) atoms. The number of nitrogens with zero attached hydrogens (tertiary/aromatic N) is 2. The molecule has 0 aliphatic rings. The van der Waals surface area contributed by atoms with E-state index in [-0.39, 0.29) is 12.3 Å². The van der Waals surface area contributed by atoms with E-state index in [1.807, 2.05) is 30.5 Å². The molecule has 0 saturated carbocycles. The van der Waals surface area contributed by atoms with Crippen molar-refractivity contribution in [3.63, 3.8) is 0 Å². The Balaban J connectivity index is 2.37. The number of pyridine rings is 1. The number of methoxy groups -OCH3 is 3. The lowest BCUT2D eigenvalue weighted by Gasteiger charge is -2.17. The first-order chi connectivity index (χ1) is 15.3. The SMILES string of the molecule is CCOC(=O)c1cc(/C(=N/O)c2cc(OC)c(OC)c(OC)c2Br)n2cc(C)cc(C)c12. The average Bonchev–Trinajstić information content (AvgIpc) is 3.14. The average molecular weight is 505 g/mol. The highest BCUT2D eigenvalue weighted by atomic mass is 79.9. The van der Waals surface area contributed by atoms with Crippen molar-refractivity contribution in [3.05, 3.63) is 56.8 Å². The lowest BCUT2D eigenvalue weighted by Crippen LogP contribution is -2.10. The van der Waals surface area contributed by atoms with Crippen molar-refractivity contribution in [1.82, 2.24) is 4.40 Å². The van der Waals surface area contributed by atoms with Crippen molar-refractivity contribution in [3.8, 4) is 17.2 Å². The Morgan fingerprint density at radius 3 is 2.31 bits per heavy atom. The highest BCUT2D eigenvalue weighted by molar-refractivity contribution is 9.10. The van der Waals surface area contributed by atoms with E-state index in [0.717, 1.165) is 11.1 Å². The third kappa shape index (κ3) is 3.88. The standard InChI is InChI=1S/C23H25BrN2O6/c1-7-32-23(27)15-9-16(26-11-12(2)8-13(3)20(15)26)19(25-28)14-10-17(29-4)21(30-5)22(31-6)18(14)24/h8-11,28H,7H2,1-6H3/b25-19+. The van der Waals surface area contributed by atoms with E-state index in [4.69, 9.17) is 18.9 Å². The van der Waals surface area contributed by atoms with Gasteiger partial charge >= 0.3 is 5.97 Å². The molecule has 0 spiro atoms. The highest BCUT2D eigenvalue weighted by Gasteiger charge is 2.27. The number of benzene rings is 1. The number of hydrogen-bond acceptors (Lipinski definition) is 7. The molecule has 0 radical (unpaired) electrons. The second-order valence-corrected chi connectivity index (χ2v) is 7.83.